The second kappa shape index (κ2) is 6.48. The highest BCUT2D eigenvalue weighted by molar-refractivity contribution is 5.93. The summed E-state index contributed by atoms with van der Waals surface area (Å²) in [7, 11) is 0. The summed E-state index contributed by atoms with van der Waals surface area (Å²) in [5, 5.41) is 3.13. The molecule has 24 heavy (non-hydrogen) atoms. The Balaban J connectivity index is 1.49. The third kappa shape index (κ3) is 3.18. The summed E-state index contributed by atoms with van der Waals surface area (Å²) in [6, 6.07) is 16.1. The molecule has 1 N–H and O–H groups in total. The second-order valence-electron chi connectivity index (χ2n) is 6.56. The van der Waals surface area contributed by atoms with Gasteiger partial charge in [-0.3, -0.25) is 9.20 Å². The Morgan fingerprint density at radius 1 is 1.17 bits per heavy atom. The third-order valence-electron chi connectivity index (χ3n) is 4.76. The van der Waals surface area contributed by atoms with Gasteiger partial charge in [0.25, 0.3) is 5.91 Å². The summed E-state index contributed by atoms with van der Waals surface area (Å²) in [6.45, 7) is 0.671. The van der Waals surface area contributed by atoms with E-state index < -0.39 is 0 Å². The fourth-order valence-electron chi connectivity index (χ4n) is 3.26. The highest BCUT2D eigenvalue weighted by atomic mass is 16.1. The quantitative estimate of drug-likeness (QED) is 0.754. The topological polar surface area (TPSA) is 46.4 Å². The Morgan fingerprint density at radius 2 is 2.00 bits per heavy atom. The molecular weight excluding hydrogens is 298 g/mol. The normalized spacial score (nSPS) is 15.3. The predicted octanol–water partition coefficient (Wildman–Crippen LogP) is 3.65. The van der Waals surface area contributed by atoms with Crippen molar-refractivity contribution in [2.45, 2.75) is 25.2 Å². The Morgan fingerprint density at radius 3 is 2.79 bits per heavy atom. The summed E-state index contributed by atoms with van der Waals surface area (Å²) >= 11 is 0. The van der Waals surface area contributed by atoms with Gasteiger partial charge >= 0.3 is 0 Å². The van der Waals surface area contributed by atoms with Gasteiger partial charge in [-0.1, -0.05) is 49.2 Å². The SMILES string of the molecule is O=C(NCC(CC1CC1)c1ccccc1)c1cccc2nccn12. The summed E-state index contributed by atoms with van der Waals surface area (Å²) in [5.74, 6) is 1.16. The Kier molecular flexibility index (Phi) is 4.03. The van der Waals surface area contributed by atoms with Gasteiger partial charge in [0, 0.05) is 24.9 Å². The zero-order valence-electron chi connectivity index (χ0n) is 13.6. The highest BCUT2D eigenvalue weighted by Crippen LogP contribution is 2.38. The van der Waals surface area contributed by atoms with Gasteiger partial charge in [0.05, 0.1) is 0 Å². The van der Waals surface area contributed by atoms with E-state index >= 15 is 0 Å². The van der Waals surface area contributed by atoms with Crippen LogP contribution < -0.4 is 5.32 Å². The summed E-state index contributed by atoms with van der Waals surface area (Å²) < 4.78 is 1.83. The van der Waals surface area contributed by atoms with Gasteiger partial charge in [-0.25, -0.2) is 4.98 Å². The Labute approximate surface area is 141 Å². The third-order valence-corrected chi connectivity index (χ3v) is 4.76. The Bertz CT molecular complexity index is 836. The number of hydrogen-bond donors (Lipinski definition) is 1. The van der Waals surface area contributed by atoms with E-state index in [9.17, 15) is 4.79 Å². The number of benzene rings is 1. The molecule has 4 heteroatoms. The first-order valence-electron chi connectivity index (χ1n) is 8.56. The van der Waals surface area contributed by atoms with Crippen LogP contribution in [0.25, 0.3) is 5.65 Å². The van der Waals surface area contributed by atoms with Gasteiger partial charge in [-0.05, 0) is 30.0 Å². The highest BCUT2D eigenvalue weighted by Gasteiger charge is 2.26. The number of aromatic nitrogens is 2. The van der Waals surface area contributed by atoms with Gasteiger partial charge < -0.3 is 5.32 Å². The zero-order valence-corrected chi connectivity index (χ0v) is 13.6. The van der Waals surface area contributed by atoms with E-state index in [1.165, 1.54) is 18.4 Å². The molecule has 1 atom stereocenters. The van der Waals surface area contributed by atoms with E-state index in [4.69, 9.17) is 0 Å². The van der Waals surface area contributed by atoms with Crippen LogP contribution in [0.15, 0.2) is 60.9 Å². The maximum absolute atomic E-state index is 12.6. The van der Waals surface area contributed by atoms with Crippen LogP contribution in [0.4, 0.5) is 0 Å². The number of hydrogen-bond acceptors (Lipinski definition) is 2. The smallest absolute Gasteiger partial charge is 0.268 e. The first-order chi connectivity index (χ1) is 11.8. The van der Waals surface area contributed by atoms with Crippen LogP contribution in [-0.4, -0.2) is 21.8 Å². The van der Waals surface area contributed by atoms with Crippen LogP contribution in [-0.2, 0) is 0 Å². The first-order valence-corrected chi connectivity index (χ1v) is 8.56. The fourth-order valence-corrected chi connectivity index (χ4v) is 3.26. The fraction of sp³-hybridized carbons (Fsp3) is 0.300. The number of imidazole rings is 1. The predicted molar refractivity (Wildman–Crippen MR) is 94.0 cm³/mol. The van der Waals surface area contributed by atoms with Crippen LogP contribution in [0.1, 0.15) is 41.2 Å². The summed E-state index contributed by atoms with van der Waals surface area (Å²) in [5.41, 5.74) is 2.73. The van der Waals surface area contributed by atoms with E-state index in [0.29, 0.717) is 18.2 Å². The van der Waals surface area contributed by atoms with Crippen LogP contribution in [0.2, 0.25) is 0 Å². The van der Waals surface area contributed by atoms with Crippen molar-refractivity contribution in [3.8, 4) is 0 Å². The van der Waals surface area contributed by atoms with Gasteiger partial charge in [-0.15, -0.1) is 0 Å². The van der Waals surface area contributed by atoms with E-state index in [1.807, 2.05) is 34.9 Å². The summed E-state index contributed by atoms with van der Waals surface area (Å²) in [6.07, 6.45) is 7.34. The lowest BCUT2D eigenvalue weighted by Gasteiger charge is -2.18. The number of amides is 1. The molecule has 1 aliphatic rings. The summed E-state index contributed by atoms with van der Waals surface area (Å²) in [4.78, 5) is 16.9. The van der Waals surface area contributed by atoms with Crippen molar-refractivity contribution in [2.24, 2.45) is 5.92 Å². The minimum absolute atomic E-state index is 0.0460. The van der Waals surface area contributed by atoms with Gasteiger partial charge in [-0.2, -0.15) is 0 Å². The molecule has 3 aromatic rings. The average Bonchev–Trinajstić information content (AvgIpc) is 3.31. The molecule has 1 aliphatic carbocycles. The van der Waals surface area contributed by atoms with E-state index in [-0.39, 0.29) is 5.91 Å². The van der Waals surface area contributed by atoms with Crippen molar-refractivity contribution < 1.29 is 4.79 Å². The molecule has 2 heterocycles. The molecular formula is C20H21N3O. The monoisotopic (exact) mass is 319 g/mol. The van der Waals surface area contributed by atoms with Crippen LogP contribution >= 0.6 is 0 Å². The van der Waals surface area contributed by atoms with E-state index in [2.05, 4.69) is 34.6 Å². The number of pyridine rings is 1. The molecule has 1 aromatic carbocycles. The van der Waals surface area contributed by atoms with E-state index in [0.717, 1.165) is 18.0 Å². The zero-order chi connectivity index (χ0) is 16.4. The maximum Gasteiger partial charge on any atom is 0.268 e. The molecule has 1 unspecified atom stereocenters. The number of rotatable bonds is 6. The van der Waals surface area contributed by atoms with Crippen LogP contribution in [0.3, 0.4) is 0 Å². The number of nitrogens with one attached hydrogen (secondary N) is 1. The van der Waals surface area contributed by atoms with Crippen molar-refractivity contribution in [3.05, 3.63) is 72.2 Å². The standard InChI is InChI=1S/C20H21N3O/c24-20(18-7-4-8-19-21-11-12-23(18)19)22-14-17(13-15-9-10-15)16-5-2-1-3-6-16/h1-8,11-12,15,17H,9-10,13-14H2,(H,22,24). The number of carbonyl (C=O) groups is 1. The average molecular weight is 319 g/mol. The van der Waals surface area contributed by atoms with Crippen LogP contribution in [0, 0.1) is 5.92 Å². The molecule has 4 nitrogen and oxygen atoms in total. The van der Waals surface area contributed by atoms with Crippen LogP contribution in [0.5, 0.6) is 0 Å². The molecule has 0 radical (unpaired) electrons. The van der Waals surface area contributed by atoms with Gasteiger partial charge in [0.2, 0.25) is 0 Å². The molecule has 0 saturated heterocycles. The van der Waals surface area contributed by atoms with Gasteiger partial charge in [0.1, 0.15) is 11.3 Å². The minimum atomic E-state index is -0.0460. The lowest BCUT2D eigenvalue weighted by Crippen LogP contribution is -2.30. The lowest BCUT2D eigenvalue weighted by molar-refractivity contribution is 0.0944. The first kappa shape index (κ1) is 14.9. The maximum atomic E-state index is 12.6. The molecule has 0 spiro atoms. The second-order valence-corrected chi connectivity index (χ2v) is 6.56. The number of carbonyl (C=O) groups excluding carboxylic acids is 1. The molecule has 0 aliphatic heterocycles. The van der Waals surface area contributed by atoms with Crippen molar-refractivity contribution in [1.29, 1.82) is 0 Å². The van der Waals surface area contributed by atoms with Crippen molar-refractivity contribution in [1.82, 2.24) is 14.7 Å². The molecule has 1 saturated carbocycles. The molecule has 2 aromatic heterocycles. The molecule has 1 amide bonds. The molecule has 1 fully saturated rings. The van der Waals surface area contributed by atoms with E-state index in [1.54, 1.807) is 6.20 Å². The van der Waals surface area contributed by atoms with Crippen molar-refractivity contribution in [3.63, 3.8) is 0 Å². The van der Waals surface area contributed by atoms with Gasteiger partial charge in [0.15, 0.2) is 0 Å². The molecule has 122 valence electrons. The van der Waals surface area contributed by atoms with Crippen molar-refractivity contribution >= 4 is 11.6 Å². The molecule has 0 bridgehead atoms. The lowest BCUT2D eigenvalue weighted by atomic mass is 9.93. The van der Waals surface area contributed by atoms with Crippen molar-refractivity contribution in [2.75, 3.05) is 6.54 Å². The number of fused-ring (bicyclic) bond motifs is 1. The Hall–Kier alpha value is -2.62. The number of nitrogens with zero attached hydrogens (tertiary/aromatic N) is 2. The minimum Gasteiger partial charge on any atom is -0.350 e. The largest absolute Gasteiger partial charge is 0.350 e. The molecule has 4 rings (SSSR count).